The molecule has 4 aromatic rings. The standard InChI is InChI=1S/C16H14ClN5OS/c1-9(2)22-15-11(5-20-22)3-10(4-18-15)6-21-8-19-13-12(16(21)23)7-24-14(13)17/h3-5,7-9H,6H2,1-2H3. The quantitative estimate of drug-likeness (QED) is 0.561. The summed E-state index contributed by atoms with van der Waals surface area (Å²) < 4.78 is 3.99. The van der Waals surface area contributed by atoms with Gasteiger partial charge in [-0.05, 0) is 25.5 Å². The van der Waals surface area contributed by atoms with E-state index in [0.717, 1.165) is 16.6 Å². The summed E-state index contributed by atoms with van der Waals surface area (Å²) in [6.07, 6.45) is 5.11. The van der Waals surface area contributed by atoms with Gasteiger partial charge in [-0.25, -0.2) is 14.6 Å². The minimum absolute atomic E-state index is 0.0962. The van der Waals surface area contributed by atoms with Crippen molar-refractivity contribution in [3.8, 4) is 0 Å². The van der Waals surface area contributed by atoms with E-state index in [0.29, 0.717) is 21.8 Å². The molecule has 0 aliphatic carbocycles. The lowest BCUT2D eigenvalue weighted by Crippen LogP contribution is -2.20. The Hall–Kier alpha value is -2.25. The Bertz CT molecular complexity index is 1110. The fourth-order valence-electron chi connectivity index (χ4n) is 2.69. The van der Waals surface area contributed by atoms with Crippen molar-refractivity contribution in [3.63, 3.8) is 0 Å². The van der Waals surface area contributed by atoms with Gasteiger partial charge in [-0.15, -0.1) is 11.3 Å². The Morgan fingerprint density at radius 1 is 1.29 bits per heavy atom. The van der Waals surface area contributed by atoms with Crippen LogP contribution in [0.4, 0.5) is 0 Å². The Kier molecular flexibility index (Phi) is 3.62. The van der Waals surface area contributed by atoms with Crippen LogP contribution in [0.1, 0.15) is 25.5 Å². The van der Waals surface area contributed by atoms with Crippen molar-refractivity contribution >= 4 is 44.9 Å². The van der Waals surface area contributed by atoms with Crippen LogP contribution in [0, 0.1) is 0 Å². The predicted molar refractivity (Wildman–Crippen MR) is 95.9 cm³/mol. The van der Waals surface area contributed by atoms with Crippen LogP contribution in [-0.4, -0.2) is 24.3 Å². The number of nitrogens with zero attached hydrogens (tertiary/aromatic N) is 5. The zero-order chi connectivity index (χ0) is 16.8. The van der Waals surface area contributed by atoms with Gasteiger partial charge in [-0.2, -0.15) is 5.10 Å². The molecule has 0 fully saturated rings. The number of aromatic nitrogens is 5. The summed E-state index contributed by atoms with van der Waals surface area (Å²) in [5.41, 5.74) is 2.24. The molecule has 0 unspecified atom stereocenters. The fourth-order valence-corrected chi connectivity index (χ4v) is 3.69. The van der Waals surface area contributed by atoms with Crippen molar-refractivity contribution in [2.75, 3.05) is 0 Å². The summed E-state index contributed by atoms with van der Waals surface area (Å²) in [7, 11) is 0. The Balaban J connectivity index is 1.74. The second-order valence-corrected chi connectivity index (χ2v) is 7.37. The normalized spacial score (nSPS) is 11.8. The van der Waals surface area contributed by atoms with E-state index in [1.54, 1.807) is 22.3 Å². The molecule has 0 radical (unpaired) electrons. The molecular weight excluding hydrogens is 346 g/mol. The first kappa shape index (κ1) is 15.3. The molecule has 0 aliphatic heterocycles. The topological polar surface area (TPSA) is 65.6 Å². The number of hydrogen-bond donors (Lipinski definition) is 0. The van der Waals surface area contributed by atoms with Gasteiger partial charge < -0.3 is 0 Å². The van der Waals surface area contributed by atoms with Crippen LogP contribution in [0.5, 0.6) is 0 Å². The summed E-state index contributed by atoms with van der Waals surface area (Å²) in [6.45, 7) is 4.54. The third-order valence-electron chi connectivity index (χ3n) is 3.87. The number of hydrogen-bond acceptors (Lipinski definition) is 5. The third-order valence-corrected chi connectivity index (χ3v) is 5.07. The lowest BCUT2D eigenvalue weighted by atomic mass is 10.2. The molecule has 8 heteroatoms. The molecule has 0 N–H and O–H groups in total. The van der Waals surface area contributed by atoms with E-state index in [4.69, 9.17) is 11.6 Å². The van der Waals surface area contributed by atoms with E-state index < -0.39 is 0 Å². The zero-order valence-electron chi connectivity index (χ0n) is 13.1. The van der Waals surface area contributed by atoms with Crippen LogP contribution < -0.4 is 5.56 Å². The van der Waals surface area contributed by atoms with E-state index in [9.17, 15) is 4.79 Å². The molecule has 4 rings (SSSR count). The molecule has 0 atom stereocenters. The number of thiophene rings is 1. The maximum Gasteiger partial charge on any atom is 0.262 e. The van der Waals surface area contributed by atoms with E-state index in [-0.39, 0.29) is 11.6 Å². The first-order valence-electron chi connectivity index (χ1n) is 7.49. The van der Waals surface area contributed by atoms with E-state index in [1.807, 2.05) is 10.7 Å². The number of halogens is 1. The highest BCUT2D eigenvalue weighted by molar-refractivity contribution is 7.16. The van der Waals surface area contributed by atoms with Crippen LogP contribution in [0.25, 0.3) is 21.9 Å². The highest BCUT2D eigenvalue weighted by atomic mass is 35.5. The van der Waals surface area contributed by atoms with Gasteiger partial charge in [0, 0.05) is 23.0 Å². The average molecular weight is 360 g/mol. The van der Waals surface area contributed by atoms with Crippen LogP contribution in [0.2, 0.25) is 4.34 Å². The molecular formula is C16H14ClN5OS. The van der Waals surface area contributed by atoms with Gasteiger partial charge in [0.1, 0.15) is 9.85 Å². The molecule has 0 saturated carbocycles. The number of pyridine rings is 1. The predicted octanol–water partition coefficient (Wildman–Crippen LogP) is 3.49. The van der Waals surface area contributed by atoms with Crippen LogP contribution in [0.3, 0.4) is 0 Å². The molecule has 0 aromatic carbocycles. The summed E-state index contributed by atoms with van der Waals surface area (Å²) in [4.78, 5) is 21.3. The van der Waals surface area contributed by atoms with Crippen molar-refractivity contribution in [2.45, 2.75) is 26.4 Å². The smallest absolute Gasteiger partial charge is 0.262 e. The largest absolute Gasteiger partial charge is 0.294 e. The summed E-state index contributed by atoms with van der Waals surface area (Å²) in [6, 6.07) is 2.25. The van der Waals surface area contributed by atoms with Crippen LogP contribution in [-0.2, 0) is 6.54 Å². The van der Waals surface area contributed by atoms with E-state index in [2.05, 4.69) is 28.9 Å². The van der Waals surface area contributed by atoms with Gasteiger partial charge in [-0.3, -0.25) is 9.36 Å². The summed E-state index contributed by atoms with van der Waals surface area (Å²) >= 11 is 7.36. The van der Waals surface area contributed by atoms with Gasteiger partial charge in [0.25, 0.3) is 5.56 Å². The van der Waals surface area contributed by atoms with Crippen molar-refractivity contribution in [1.82, 2.24) is 24.3 Å². The van der Waals surface area contributed by atoms with Gasteiger partial charge in [0.15, 0.2) is 5.65 Å². The summed E-state index contributed by atoms with van der Waals surface area (Å²) in [5, 5.41) is 7.62. The lowest BCUT2D eigenvalue weighted by molar-refractivity contribution is 0.546. The van der Waals surface area contributed by atoms with Crippen molar-refractivity contribution in [1.29, 1.82) is 0 Å². The maximum atomic E-state index is 12.5. The Morgan fingerprint density at radius 2 is 2.12 bits per heavy atom. The molecule has 0 aliphatic rings. The molecule has 4 aromatic heterocycles. The van der Waals surface area contributed by atoms with Crippen LogP contribution in [0.15, 0.2) is 35.0 Å². The Morgan fingerprint density at radius 3 is 2.92 bits per heavy atom. The SMILES string of the molecule is CC(C)n1ncc2cc(Cn3cnc4c(Cl)scc4c3=O)cnc21. The minimum Gasteiger partial charge on any atom is -0.294 e. The molecule has 6 nitrogen and oxygen atoms in total. The second-order valence-electron chi connectivity index (χ2n) is 5.89. The first-order chi connectivity index (χ1) is 11.5. The molecule has 24 heavy (non-hydrogen) atoms. The minimum atomic E-state index is -0.0962. The molecule has 0 spiro atoms. The molecule has 122 valence electrons. The van der Waals surface area contributed by atoms with Crippen molar-refractivity contribution < 1.29 is 0 Å². The second kappa shape index (κ2) is 5.68. The monoisotopic (exact) mass is 359 g/mol. The molecule has 0 amide bonds. The maximum absolute atomic E-state index is 12.5. The summed E-state index contributed by atoms with van der Waals surface area (Å²) in [5.74, 6) is 0. The van der Waals surface area contributed by atoms with Crippen molar-refractivity contribution in [2.24, 2.45) is 0 Å². The van der Waals surface area contributed by atoms with Gasteiger partial charge in [0.05, 0.1) is 24.5 Å². The zero-order valence-corrected chi connectivity index (χ0v) is 14.7. The molecule has 0 saturated heterocycles. The van der Waals surface area contributed by atoms with Gasteiger partial charge >= 0.3 is 0 Å². The highest BCUT2D eigenvalue weighted by Crippen LogP contribution is 2.26. The fraction of sp³-hybridized carbons (Fsp3) is 0.250. The van der Waals surface area contributed by atoms with Gasteiger partial charge in [-0.1, -0.05) is 11.6 Å². The van der Waals surface area contributed by atoms with Crippen LogP contribution >= 0.6 is 22.9 Å². The molecule has 0 bridgehead atoms. The lowest BCUT2D eigenvalue weighted by Gasteiger charge is -2.08. The van der Waals surface area contributed by atoms with Gasteiger partial charge in [0.2, 0.25) is 0 Å². The first-order valence-corrected chi connectivity index (χ1v) is 8.74. The van der Waals surface area contributed by atoms with Crippen molar-refractivity contribution in [3.05, 3.63) is 50.4 Å². The average Bonchev–Trinajstić information content (AvgIpc) is 3.14. The van der Waals surface area contributed by atoms with E-state index >= 15 is 0 Å². The Labute approximate surface area is 146 Å². The van der Waals surface area contributed by atoms with E-state index in [1.165, 1.54) is 17.7 Å². The molecule has 4 heterocycles. The number of rotatable bonds is 3. The number of fused-ring (bicyclic) bond motifs is 2. The highest BCUT2D eigenvalue weighted by Gasteiger charge is 2.11. The third kappa shape index (κ3) is 2.40.